The summed E-state index contributed by atoms with van der Waals surface area (Å²) in [6, 6.07) is 17.1. The molecule has 6 nitrogen and oxygen atoms in total. The highest BCUT2D eigenvalue weighted by Gasteiger charge is 2.24. The molecule has 2 aromatic carbocycles. The number of anilines is 1. The van der Waals surface area contributed by atoms with E-state index in [1.807, 2.05) is 36.4 Å². The van der Waals surface area contributed by atoms with Gasteiger partial charge in [0, 0.05) is 11.6 Å². The molecule has 0 spiro atoms. The smallest absolute Gasteiger partial charge is 0.260 e. The van der Waals surface area contributed by atoms with Gasteiger partial charge in [-0.05, 0) is 25.0 Å². The first-order valence-electron chi connectivity index (χ1n) is 9.57. The van der Waals surface area contributed by atoms with Crippen LogP contribution in [0, 0.1) is 0 Å². The quantitative estimate of drug-likeness (QED) is 0.507. The van der Waals surface area contributed by atoms with E-state index >= 15 is 0 Å². The Morgan fingerprint density at radius 2 is 1.87 bits per heavy atom. The number of amides is 2. The lowest BCUT2D eigenvalue weighted by Gasteiger charge is -2.09. The van der Waals surface area contributed by atoms with Crippen molar-refractivity contribution < 1.29 is 14.3 Å². The van der Waals surface area contributed by atoms with Crippen LogP contribution in [0.2, 0.25) is 0 Å². The lowest BCUT2D eigenvalue weighted by molar-refractivity contribution is -0.118. The predicted molar refractivity (Wildman–Crippen MR) is 120 cm³/mol. The molecule has 2 N–H and O–H groups in total. The molecule has 4 rings (SSSR count). The van der Waals surface area contributed by atoms with Gasteiger partial charge in [0.1, 0.15) is 16.4 Å². The van der Waals surface area contributed by atoms with E-state index in [4.69, 9.17) is 9.72 Å². The molecule has 0 bridgehead atoms. The summed E-state index contributed by atoms with van der Waals surface area (Å²) in [5.41, 5.74) is 2.04. The van der Waals surface area contributed by atoms with E-state index in [0.717, 1.165) is 22.7 Å². The van der Waals surface area contributed by atoms with Crippen molar-refractivity contribution in [3.05, 3.63) is 60.2 Å². The molecule has 1 aromatic heterocycles. The van der Waals surface area contributed by atoms with Gasteiger partial charge in [0.2, 0.25) is 5.91 Å². The van der Waals surface area contributed by atoms with E-state index < -0.39 is 0 Å². The van der Waals surface area contributed by atoms with Gasteiger partial charge >= 0.3 is 0 Å². The zero-order valence-electron chi connectivity index (χ0n) is 16.4. The van der Waals surface area contributed by atoms with E-state index in [0.29, 0.717) is 33.8 Å². The van der Waals surface area contributed by atoms with Crippen LogP contribution in [-0.2, 0) is 4.79 Å². The fourth-order valence-corrected chi connectivity index (χ4v) is 4.74. The molecule has 1 heterocycles. The van der Waals surface area contributed by atoms with Crippen LogP contribution < -0.4 is 15.4 Å². The van der Waals surface area contributed by atoms with Gasteiger partial charge in [0.15, 0.2) is 4.34 Å². The highest BCUT2D eigenvalue weighted by molar-refractivity contribution is 8.01. The summed E-state index contributed by atoms with van der Waals surface area (Å²) in [6.45, 7) is 0. The van der Waals surface area contributed by atoms with Gasteiger partial charge in [0.05, 0.1) is 18.4 Å². The first-order chi connectivity index (χ1) is 14.6. The molecule has 1 aliphatic carbocycles. The normalized spacial score (nSPS) is 13.0. The zero-order valence-corrected chi connectivity index (χ0v) is 18.0. The molecule has 30 heavy (non-hydrogen) atoms. The van der Waals surface area contributed by atoms with Gasteiger partial charge in [-0.2, -0.15) is 0 Å². The van der Waals surface area contributed by atoms with Crippen LogP contribution >= 0.6 is 23.1 Å². The van der Waals surface area contributed by atoms with E-state index in [2.05, 4.69) is 10.6 Å². The van der Waals surface area contributed by atoms with E-state index in [9.17, 15) is 9.59 Å². The molecular weight excluding hydrogens is 418 g/mol. The lowest BCUT2D eigenvalue weighted by atomic mass is 10.1. The average molecular weight is 440 g/mol. The van der Waals surface area contributed by atoms with Crippen LogP contribution in [0.4, 0.5) is 5.00 Å². The number of thioether (sulfide) groups is 1. The first-order valence-corrected chi connectivity index (χ1v) is 11.4. The summed E-state index contributed by atoms with van der Waals surface area (Å²) in [7, 11) is 1.54. The maximum Gasteiger partial charge on any atom is 0.260 e. The number of hydrogen-bond donors (Lipinski definition) is 2. The van der Waals surface area contributed by atoms with E-state index in [1.165, 1.54) is 30.2 Å². The molecule has 154 valence electrons. The highest BCUT2D eigenvalue weighted by Crippen LogP contribution is 2.38. The van der Waals surface area contributed by atoms with Crippen molar-refractivity contribution in [1.29, 1.82) is 0 Å². The average Bonchev–Trinajstić information content (AvgIpc) is 3.50. The standard InChI is InChI=1S/C22H21N3O3S2/c1-28-17-10-6-5-9-16(17)20(27)25-21-19(14-7-3-2-4-8-14)24-22(30-21)29-13-18(26)23-15-11-12-15/h2-10,15H,11-13H2,1H3,(H,23,26)(H,25,27). The van der Waals surface area contributed by atoms with Crippen LogP contribution in [0.15, 0.2) is 58.9 Å². The number of para-hydroxylation sites is 1. The highest BCUT2D eigenvalue weighted by atomic mass is 32.2. The van der Waals surface area contributed by atoms with Gasteiger partial charge in [-0.15, -0.1) is 0 Å². The molecular formula is C22H21N3O3S2. The number of methoxy groups -OCH3 is 1. The number of carbonyl (C=O) groups excluding carboxylic acids is 2. The number of aromatic nitrogens is 1. The van der Waals surface area contributed by atoms with Crippen molar-refractivity contribution in [2.75, 3.05) is 18.2 Å². The number of benzene rings is 2. The second kappa shape index (κ2) is 9.32. The van der Waals surface area contributed by atoms with Gasteiger partial charge in [0.25, 0.3) is 5.91 Å². The summed E-state index contributed by atoms with van der Waals surface area (Å²) in [5.74, 6) is 0.556. The van der Waals surface area contributed by atoms with Crippen molar-refractivity contribution in [3.63, 3.8) is 0 Å². The Morgan fingerprint density at radius 3 is 2.60 bits per heavy atom. The third-order valence-corrected chi connectivity index (χ3v) is 6.62. The van der Waals surface area contributed by atoms with Gasteiger partial charge in [-0.25, -0.2) is 4.98 Å². The largest absolute Gasteiger partial charge is 0.496 e. The monoisotopic (exact) mass is 439 g/mol. The molecule has 1 aliphatic rings. The Morgan fingerprint density at radius 1 is 1.13 bits per heavy atom. The van der Waals surface area contributed by atoms with Crippen LogP contribution in [0.3, 0.4) is 0 Å². The van der Waals surface area contributed by atoms with Crippen molar-refractivity contribution >= 4 is 39.9 Å². The van der Waals surface area contributed by atoms with E-state index in [1.54, 1.807) is 18.2 Å². The Kier molecular flexibility index (Phi) is 6.35. The van der Waals surface area contributed by atoms with Crippen LogP contribution in [0.1, 0.15) is 23.2 Å². The van der Waals surface area contributed by atoms with Gasteiger partial charge < -0.3 is 15.4 Å². The van der Waals surface area contributed by atoms with Crippen LogP contribution in [0.5, 0.6) is 5.75 Å². The number of nitrogens with zero attached hydrogens (tertiary/aromatic N) is 1. The zero-order chi connectivity index (χ0) is 20.9. The van der Waals surface area contributed by atoms with Crippen LogP contribution in [0.25, 0.3) is 11.3 Å². The molecule has 0 aliphatic heterocycles. The molecule has 1 saturated carbocycles. The summed E-state index contributed by atoms with van der Waals surface area (Å²) < 4.78 is 6.04. The molecule has 8 heteroatoms. The minimum absolute atomic E-state index is 0.0126. The Hall–Kier alpha value is -2.84. The maximum absolute atomic E-state index is 12.9. The topological polar surface area (TPSA) is 80.3 Å². The number of thiazole rings is 1. The maximum atomic E-state index is 12.9. The lowest BCUT2D eigenvalue weighted by Crippen LogP contribution is -2.26. The van der Waals surface area contributed by atoms with Crippen molar-refractivity contribution in [3.8, 4) is 17.0 Å². The third-order valence-electron chi connectivity index (χ3n) is 4.50. The molecule has 0 unspecified atom stereocenters. The van der Waals surface area contributed by atoms with Crippen molar-refractivity contribution in [2.45, 2.75) is 23.2 Å². The van der Waals surface area contributed by atoms with Gasteiger partial charge in [-0.3, -0.25) is 9.59 Å². The fraction of sp³-hybridized carbons (Fsp3) is 0.227. The Balaban J connectivity index is 1.56. The third kappa shape index (κ3) is 5.01. The van der Waals surface area contributed by atoms with Crippen molar-refractivity contribution in [1.82, 2.24) is 10.3 Å². The fourth-order valence-electron chi connectivity index (χ4n) is 2.87. The number of ether oxygens (including phenoxy) is 1. The second-order valence-electron chi connectivity index (χ2n) is 6.81. The molecule has 3 aromatic rings. The molecule has 0 radical (unpaired) electrons. The summed E-state index contributed by atoms with van der Waals surface area (Å²) in [6.07, 6.45) is 2.12. The minimum atomic E-state index is -0.267. The van der Waals surface area contributed by atoms with Crippen LogP contribution in [-0.4, -0.2) is 35.7 Å². The van der Waals surface area contributed by atoms with Gasteiger partial charge in [-0.1, -0.05) is 65.6 Å². The Labute approximate surface area is 183 Å². The molecule has 1 fully saturated rings. The Bertz CT molecular complexity index is 1050. The number of nitrogens with one attached hydrogen (secondary N) is 2. The number of rotatable bonds is 8. The number of hydrogen-bond acceptors (Lipinski definition) is 6. The summed E-state index contributed by atoms with van der Waals surface area (Å²) in [4.78, 5) is 29.6. The van der Waals surface area contributed by atoms with E-state index in [-0.39, 0.29) is 11.8 Å². The molecule has 0 atom stereocenters. The SMILES string of the molecule is COc1ccccc1C(=O)Nc1sc(SCC(=O)NC2CC2)nc1-c1ccccc1. The second-order valence-corrected chi connectivity index (χ2v) is 9.03. The first kappa shape index (κ1) is 20.4. The minimum Gasteiger partial charge on any atom is -0.496 e. The number of carbonyl (C=O) groups is 2. The molecule has 2 amide bonds. The molecule has 0 saturated heterocycles. The van der Waals surface area contributed by atoms with Crippen molar-refractivity contribution in [2.24, 2.45) is 0 Å². The summed E-state index contributed by atoms with van der Waals surface area (Å²) in [5, 5.41) is 6.59. The predicted octanol–water partition coefficient (Wildman–Crippen LogP) is 4.44. The summed E-state index contributed by atoms with van der Waals surface area (Å²) >= 11 is 2.74.